The van der Waals surface area contributed by atoms with E-state index in [1.165, 1.54) is 0 Å². The van der Waals surface area contributed by atoms with Crippen LogP contribution in [0.15, 0.2) is 42.6 Å². The van der Waals surface area contributed by atoms with E-state index in [9.17, 15) is 4.79 Å². The normalized spacial score (nSPS) is 10.3. The van der Waals surface area contributed by atoms with Crippen LogP contribution in [0.25, 0.3) is 0 Å². The van der Waals surface area contributed by atoms with Crippen LogP contribution < -0.4 is 0 Å². The Kier molecular flexibility index (Phi) is 3.72. The van der Waals surface area contributed by atoms with Gasteiger partial charge in [-0.25, -0.2) is 0 Å². The lowest BCUT2D eigenvalue weighted by Crippen LogP contribution is -2.11. The molecule has 2 rings (SSSR count). The fourth-order valence-electron chi connectivity index (χ4n) is 1.72. The van der Waals surface area contributed by atoms with Gasteiger partial charge in [0, 0.05) is 11.8 Å². The number of carbonyl (C=O) groups is 1. The third-order valence-corrected chi connectivity index (χ3v) is 3.19. The predicted octanol–water partition coefficient (Wildman–Crippen LogP) is 3.72. The van der Waals surface area contributed by atoms with Crippen LogP contribution in [0, 0.1) is 18.5 Å². The third kappa shape index (κ3) is 2.93. The molecule has 1 aromatic carbocycles. The average Bonchev–Trinajstić information content (AvgIpc) is 2.33. The average molecular weight is 257 g/mol. The minimum absolute atomic E-state index is 0.0787. The van der Waals surface area contributed by atoms with Gasteiger partial charge in [-0.1, -0.05) is 42.0 Å². The Labute approximate surface area is 112 Å². The Bertz CT molecular complexity index is 626. The van der Waals surface area contributed by atoms with Crippen LogP contribution in [0.1, 0.15) is 21.5 Å². The van der Waals surface area contributed by atoms with E-state index >= 15 is 0 Å². The van der Waals surface area contributed by atoms with Crippen molar-refractivity contribution in [2.45, 2.75) is 20.4 Å². The first-order valence-corrected chi connectivity index (χ1v) is 6.24. The maximum Gasteiger partial charge on any atom is 0.182 e. The fraction of sp³-hybridized carbons (Fsp3) is 0.200. The van der Waals surface area contributed by atoms with Gasteiger partial charge >= 0.3 is 0 Å². The highest BCUT2D eigenvalue weighted by Gasteiger charge is 2.06. The fourth-order valence-corrected chi connectivity index (χ4v) is 2.03. The molecule has 0 saturated carbocycles. The summed E-state index contributed by atoms with van der Waals surface area (Å²) < 4.78 is 2.49. The number of Topliss-reactive ketones (excluding diaryl/α,β-unsaturated/α-hetero) is 1. The molecule has 0 radical (unpaired) electrons. The quantitative estimate of drug-likeness (QED) is 0.617. The second-order valence-corrected chi connectivity index (χ2v) is 4.88. The molecular weight excluding hydrogens is 242 g/mol. The second kappa shape index (κ2) is 5.27. The number of hydrogen-bond acceptors (Lipinski definition) is 2. The van der Waals surface area contributed by atoms with Crippen LogP contribution in [0.2, 0.25) is 0 Å². The first-order valence-electron chi connectivity index (χ1n) is 5.83. The van der Waals surface area contributed by atoms with Gasteiger partial charge in [-0.15, -0.1) is 0 Å². The molecule has 2 nitrogen and oxygen atoms in total. The van der Waals surface area contributed by atoms with E-state index < -0.39 is 0 Å². The summed E-state index contributed by atoms with van der Waals surface area (Å²) in [6.45, 7) is 4.29. The molecule has 0 atom stereocenters. The largest absolute Gasteiger partial charge is 0.331 e. The molecule has 0 spiro atoms. The monoisotopic (exact) mass is 257 g/mol. The molecule has 0 amide bonds. The van der Waals surface area contributed by atoms with Crippen molar-refractivity contribution < 1.29 is 4.79 Å². The molecule has 0 aliphatic rings. The van der Waals surface area contributed by atoms with Gasteiger partial charge in [-0.2, -0.15) is 0 Å². The zero-order valence-electron chi connectivity index (χ0n) is 10.5. The summed E-state index contributed by atoms with van der Waals surface area (Å²) in [6, 6.07) is 11.5. The van der Waals surface area contributed by atoms with E-state index in [-0.39, 0.29) is 5.78 Å². The highest BCUT2D eigenvalue weighted by Crippen LogP contribution is 2.07. The van der Waals surface area contributed by atoms with Gasteiger partial charge in [0.15, 0.2) is 5.78 Å². The van der Waals surface area contributed by atoms with E-state index in [1.54, 1.807) is 4.57 Å². The number of hydrogen-bond donors (Lipinski definition) is 0. The maximum atomic E-state index is 12.1. The SMILES string of the molecule is Cc1ccc(C(=O)Cn2ccc(C)cc2=S)cc1. The second-order valence-electron chi connectivity index (χ2n) is 4.46. The topological polar surface area (TPSA) is 22.0 Å². The summed E-state index contributed by atoms with van der Waals surface area (Å²) in [7, 11) is 0. The zero-order valence-corrected chi connectivity index (χ0v) is 11.3. The summed E-state index contributed by atoms with van der Waals surface area (Å²) in [5.74, 6) is 0.0787. The van der Waals surface area contributed by atoms with Crippen molar-refractivity contribution in [1.82, 2.24) is 4.57 Å². The highest BCUT2D eigenvalue weighted by molar-refractivity contribution is 7.71. The predicted molar refractivity (Wildman–Crippen MR) is 75.5 cm³/mol. The van der Waals surface area contributed by atoms with Crippen molar-refractivity contribution in [3.05, 3.63) is 63.9 Å². The van der Waals surface area contributed by atoms with E-state index in [4.69, 9.17) is 12.2 Å². The molecular formula is C15H15NOS. The Morgan fingerprint density at radius 2 is 1.78 bits per heavy atom. The Morgan fingerprint density at radius 3 is 2.39 bits per heavy atom. The van der Waals surface area contributed by atoms with Crippen LogP contribution >= 0.6 is 12.2 Å². The van der Waals surface area contributed by atoms with E-state index in [1.807, 2.05) is 56.4 Å². The summed E-state index contributed by atoms with van der Waals surface area (Å²) >= 11 is 5.24. The van der Waals surface area contributed by atoms with Crippen molar-refractivity contribution >= 4 is 18.0 Å². The summed E-state index contributed by atoms with van der Waals surface area (Å²) in [5, 5.41) is 0. The van der Waals surface area contributed by atoms with Crippen LogP contribution in [-0.2, 0) is 6.54 Å². The molecule has 0 fully saturated rings. The van der Waals surface area contributed by atoms with Crippen molar-refractivity contribution in [2.75, 3.05) is 0 Å². The molecule has 0 aliphatic carbocycles. The molecule has 92 valence electrons. The molecule has 0 saturated heterocycles. The first kappa shape index (κ1) is 12.7. The van der Waals surface area contributed by atoms with Gasteiger partial charge in [-0.3, -0.25) is 4.79 Å². The summed E-state index contributed by atoms with van der Waals surface area (Å²) in [6.07, 6.45) is 1.86. The van der Waals surface area contributed by atoms with Crippen molar-refractivity contribution in [3.63, 3.8) is 0 Å². The van der Waals surface area contributed by atoms with Gasteiger partial charge in [0.2, 0.25) is 0 Å². The van der Waals surface area contributed by atoms with E-state index in [2.05, 4.69) is 0 Å². The number of pyridine rings is 1. The molecule has 1 aromatic heterocycles. The molecule has 3 heteroatoms. The number of aryl methyl sites for hydroxylation is 2. The molecule has 0 aliphatic heterocycles. The minimum atomic E-state index is 0.0787. The minimum Gasteiger partial charge on any atom is -0.331 e. The van der Waals surface area contributed by atoms with Crippen LogP contribution in [0.3, 0.4) is 0 Å². The molecule has 2 aromatic rings. The van der Waals surface area contributed by atoms with Crippen LogP contribution in [0.5, 0.6) is 0 Å². The van der Waals surface area contributed by atoms with Crippen LogP contribution in [-0.4, -0.2) is 10.4 Å². The number of benzene rings is 1. The van der Waals surface area contributed by atoms with E-state index in [0.717, 1.165) is 16.7 Å². The molecule has 0 unspecified atom stereocenters. The number of rotatable bonds is 3. The summed E-state index contributed by atoms with van der Waals surface area (Å²) in [4.78, 5) is 12.1. The highest BCUT2D eigenvalue weighted by atomic mass is 32.1. The molecule has 18 heavy (non-hydrogen) atoms. The lowest BCUT2D eigenvalue weighted by Gasteiger charge is -2.07. The van der Waals surface area contributed by atoms with Gasteiger partial charge in [0.05, 0.1) is 6.54 Å². The standard InChI is InChI=1S/C15H15NOS/c1-11-3-5-13(6-4-11)14(17)10-16-8-7-12(2)9-15(16)18/h3-9H,10H2,1-2H3. The third-order valence-electron chi connectivity index (χ3n) is 2.84. The zero-order chi connectivity index (χ0) is 13.1. The number of ketones is 1. The van der Waals surface area contributed by atoms with Crippen LogP contribution in [0.4, 0.5) is 0 Å². The molecule has 0 N–H and O–H groups in total. The number of nitrogens with zero attached hydrogens (tertiary/aromatic N) is 1. The first-order chi connectivity index (χ1) is 8.56. The summed E-state index contributed by atoms with van der Waals surface area (Å²) in [5.41, 5.74) is 2.99. The Balaban J connectivity index is 2.21. The lowest BCUT2D eigenvalue weighted by atomic mass is 10.1. The van der Waals surface area contributed by atoms with Gasteiger partial charge in [0.1, 0.15) is 4.64 Å². The van der Waals surface area contributed by atoms with Gasteiger partial charge in [-0.05, 0) is 31.5 Å². The van der Waals surface area contributed by atoms with E-state index in [0.29, 0.717) is 11.2 Å². The molecule has 1 heterocycles. The number of aromatic nitrogens is 1. The Hall–Kier alpha value is -1.74. The smallest absolute Gasteiger partial charge is 0.182 e. The van der Waals surface area contributed by atoms with Gasteiger partial charge in [0.25, 0.3) is 0 Å². The van der Waals surface area contributed by atoms with Gasteiger partial charge < -0.3 is 4.57 Å². The van der Waals surface area contributed by atoms with Crippen molar-refractivity contribution in [3.8, 4) is 0 Å². The molecule has 0 bridgehead atoms. The van der Waals surface area contributed by atoms with Crippen molar-refractivity contribution in [2.24, 2.45) is 0 Å². The van der Waals surface area contributed by atoms with Crippen molar-refractivity contribution in [1.29, 1.82) is 0 Å². The number of carbonyl (C=O) groups excluding carboxylic acids is 1. The Morgan fingerprint density at radius 1 is 1.11 bits per heavy atom. The lowest BCUT2D eigenvalue weighted by molar-refractivity contribution is 0.0971. The maximum absolute atomic E-state index is 12.1.